The summed E-state index contributed by atoms with van der Waals surface area (Å²) in [6.07, 6.45) is 0. The molecule has 5 heteroatoms. The van der Waals surface area contributed by atoms with E-state index in [1.807, 2.05) is 0 Å². The number of carbonyl (C=O) groups excluding carboxylic acids is 1. The Morgan fingerprint density at radius 3 is 2.73 bits per heavy atom. The van der Waals surface area contributed by atoms with Gasteiger partial charge in [-0.2, -0.15) is 0 Å². The second-order valence-electron chi connectivity index (χ2n) is 2.06. The minimum absolute atomic E-state index is 0.504. The molecule has 3 nitrogen and oxygen atoms in total. The fourth-order valence-electron chi connectivity index (χ4n) is 0.651. The van der Waals surface area contributed by atoms with Gasteiger partial charge in [0.05, 0.1) is 3.79 Å². The highest BCUT2D eigenvalue weighted by Gasteiger charge is 2.12. The smallest absolute Gasteiger partial charge is 0.238 e. The maximum atomic E-state index is 10.6. The summed E-state index contributed by atoms with van der Waals surface area (Å²) in [5, 5.41) is 1.81. The van der Waals surface area contributed by atoms with Crippen molar-refractivity contribution >= 4 is 33.2 Å². The van der Waals surface area contributed by atoms with Crippen LogP contribution in [0.15, 0.2) is 15.2 Å². The molecule has 1 unspecified atom stereocenters. The van der Waals surface area contributed by atoms with Gasteiger partial charge in [0.1, 0.15) is 6.04 Å². The van der Waals surface area contributed by atoms with Crippen LogP contribution in [0.1, 0.15) is 11.6 Å². The SMILES string of the molecule is NC(=O)C(N)c1csc(Br)c1. The van der Waals surface area contributed by atoms with E-state index in [1.54, 1.807) is 11.4 Å². The van der Waals surface area contributed by atoms with Gasteiger partial charge in [-0.1, -0.05) is 0 Å². The molecule has 0 bridgehead atoms. The number of primary amides is 1. The molecule has 0 saturated heterocycles. The lowest BCUT2D eigenvalue weighted by atomic mass is 10.1. The van der Waals surface area contributed by atoms with Crippen LogP contribution in [0.2, 0.25) is 0 Å². The van der Waals surface area contributed by atoms with Crippen molar-refractivity contribution < 1.29 is 4.79 Å². The minimum atomic E-state index is -0.683. The molecule has 0 aliphatic carbocycles. The number of hydrogen-bond donors (Lipinski definition) is 2. The molecule has 1 rings (SSSR count). The third-order valence-corrected chi connectivity index (χ3v) is 2.78. The molecule has 0 spiro atoms. The number of carbonyl (C=O) groups is 1. The lowest BCUT2D eigenvalue weighted by molar-refractivity contribution is -0.119. The fraction of sp³-hybridized carbons (Fsp3) is 0.167. The highest BCUT2D eigenvalue weighted by molar-refractivity contribution is 9.11. The number of hydrogen-bond acceptors (Lipinski definition) is 3. The van der Waals surface area contributed by atoms with E-state index in [4.69, 9.17) is 11.5 Å². The van der Waals surface area contributed by atoms with Gasteiger partial charge in [0.25, 0.3) is 0 Å². The molecule has 0 aliphatic heterocycles. The highest BCUT2D eigenvalue weighted by atomic mass is 79.9. The van der Waals surface area contributed by atoms with Crippen LogP contribution in [-0.2, 0) is 4.79 Å². The maximum Gasteiger partial charge on any atom is 0.238 e. The first-order valence-corrected chi connectivity index (χ1v) is 4.57. The van der Waals surface area contributed by atoms with Crippen LogP contribution in [0, 0.1) is 0 Å². The van der Waals surface area contributed by atoms with Crippen molar-refractivity contribution in [2.24, 2.45) is 11.5 Å². The van der Waals surface area contributed by atoms with Gasteiger partial charge < -0.3 is 11.5 Å². The quantitative estimate of drug-likeness (QED) is 0.802. The van der Waals surface area contributed by atoms with E-state index in [0.29, 0.717) is 0 Å². The van der Waals surface area contributed by atoms with E-state index < -0.39 is 11.9 Å². The van der Waals surface area contributed by atoms with Crippen LogP contribution in [0.5, 0.6) is 0 Å². The molecule has 0 fully saturated rings. The predicted octanol–water partition coefficient (Wildman–Crippen LogP) is 0.996. The van der Waals surface area contributed by atoms with E-state index in [1.165, 1.54) is 11.3 Å². The third kappa shape index (κ3) is 2.02. The number of nitrogens with two attached hydrogens (primary N) is 2. The predicted molar refractivity (Wildman–Crippen MR) is 48.1 cm³/mol. The van der Waals surface area contributed by atoms with Crippen LogP contribution >= 0.6 is 27.3 Å². The zero-order valence-electron chi connectivity index (χ0n) is 5.58. The molecule has 1 amide bonds. The topological polar surface area (TPSA) is 69.1 Å². The molecule has 0 radical (unpaired) electrons. The first kappa shape index (κ1) is 8.70. The molecule has 11 heavy (non-hydrogen) atoms. The van der Waals surface area contributed by atoms with Gasteiger partial charge in [-0.05, 0) is 32.9 Å². The van der Waals surface area contributed by atoms with Crippen molar-refractivity contribution in [3.05, 3.63) is 20.8 Å². The molecule has 1 atom stereocenters. The molecule has 1 aromatic rings. The van der Waals surface area contributed by atoms with Gasteiger partial charge in [-0.25, -0.2) is 0 Å². The van der Waals surface area contributed by atoms with Gasteiger partial charge in [-0.3, -0.25) is 4.79 Å². The minimum Gasteiger partial charge on any atom is -0.368 e. The van der Waals surface area contributed by atoms with Crippen LogP contribution in [-0.4, -0.2) is 5.91 Å². The second-order valence-corrected chi connectivity index (χ2v) is 4.35. The van der Waals surface area contributed by atoms with Gasteiger partial charge in [-0.15, -0.1) is 11.3 Å². The van der Waals surface area contributed by atoms with Crippen molar-refractivity contribution in [2.45, 2.75) is 6.04 Å². The summed E-state index contributed by atoms with van der Waals surface area (Å²) >= 11 is 4.74. The molecule has 1 aromatic heterocycles. The Bertz CT molecular complexity index is 273. The Labute approximate surface area is 76.5 Å². The van der Waals surface area contributed by atoms with E-state index >= 15 is 0 Å². The number of rotatable bonds is 2. The van der Waals surface area contributed by atoms with E-state index in [9.17, 15) is 4.79 Å². The van der Waals surface area contributed by atoms with Gasteiger partial charge in [0.2, 0.25) is 5.91 Å². The van der Waals surface area contributed by atoms with Crippen molar-refractivity contribution in [1.29, 1.82) is 0 Å². The lowest BCUT2D eigenvalue weighted by Gasteiger charge is -2.02. The monoisotopic (exact) mass is 234 g/mol. The highest BCUT2D eigenvalue weighted by Crippen LogP contribution is 2.23. The Balaban J connectivity index is 2.84. The van der Waals surface area contributed by atoms with E-state index in [0.717, 1.165) is 9.35 Å². The fourth-order valence-corrected chi connectivity index (χ4v) is 1.86. The first-order valence-electron chi connectivity index (χ1n) is 2.90. The van der Waals surface area contributed by atoms with Crippen molar-refractivity contribution in [2.75, 3.05) is 0 Å². The lowest BCUT2D eigenvalue weighted by Crippen LogP contribution is -2.27. The molecule has 1 heterocycles. The average Bonchev–Trinajstić information content (AvgIpc) is 2.34. The van der Waals surface area contributed by atoms with Crippen LogP contribution < -0.4 is 11.5 Å². The Morgan fingerprint density at radius 2 is 2.36 bits per heavy atom. The molecule has 4 N–H and O–H groups in total. The molecular weight excluding hydrogens is 228 g/mol. The Kier molecular flexibility index (Phi) is 2.64. The number of halogens is 1. The summed E-state index contributed by atoms with van der Waals surface area (Å²) in [7, 11) is 0. The maximum absolute atomic E-state index is 10.6. The van der Waals surface area contributed by atoms with Gasteiger partial charge in [0.15, 0.2) is 0 Å². The zero-order chi connectivity index (χ0) is 8.43. The van der Waals surface area contributed by atoms with Crippen LogP contribution in [0.25, 0.3) is 0 Å². The van der Waals surface area contributed by atoms with E-state index in [2.05, 4.69) is 15.9 Å². The third-order valence-electron chi connectivity index (χ3n) is 1.25. The Hall–Kier alpha value is -0.390. The molecular formula is C6H7BrN2OS. The number of amides is 1. The molecule has 0 saturated carbocycles. The number of thiophene rings is 1. The summed E-state index contributed by atoms with van der Waals surface area (Å²) in [5.41, 5.74) is 11.2. The molecule has 0 aromatic carbocycles. The van der Waals surface area contributed by atoms with Gasteiger partial charge >= 0.3 is 0 Å². The van der Waals surface area contributed by atoms with Crippen molar-refractivity contribution in [3.8, 4) is 0 Å². The molecule has 60 valence electrons. The summed E-state index contributed by atoms with van der Waals surface area (Å²) in [6, 6.07) is 1.11. The first-order chi connectivity index (χ1) is 5.11. The largest absolute Gasteiger partial charge is 0.368 e. The summed E-state index contributed by atoms with van der Waals surface area (Å²) < 4.78 is 0.948. The summed E-state index contributed by atoms with van der Waals surface area (Å²) in [4.78, 5) is 10.6. The average molecular weight is 235 g/mol. The van der Waals surface area contributed by atoms with Crippen LogP contribution in [0.3, 0.4) is 0 Å². The summed E-state index contributed by atoms with van der Waals surface area (Å²) in [5.74, 6) is -0.504. The normalized spacial score (nSPS) is 12.9. The van der Waals surface area contributed by atoms with Crippen molar-refractivity contribution in [3.63, 3.8) is 0 Å². The zero-order valence-corrected chi connectivity index (χ0v) is 7.98. The van der Waals surface area contributed by atoms with Crippen molar-refractivity contribution in [1.82, 2.24) is 0 Å². The summed E-state index contributed by atoms with van der Waals surface area (Å²) in [6.45, 7) is 0. The second kappa shape index (κ2) is 3.34. The molecule has 0 aliphatic rings. The Morgan fingerprint density at radius 1 is 1.73 bits per heavy atom. The van der Waals surface area contributed by atoms with Gasteiger partial charge in [0, 0.05) is 0 Å². The van der Waals surface area contributed by atoms with E-state index in [-0.39, 0.29) is 0 Å². The van der Waals surface area contributed by atoms with Crippen LogP contribution in [0.4, 0.5) is 0 Å². The standard InChI is InChI=1S/C6H7BrN2OS/c7-4-1-3(2-11-4)5(8)6(9)10/h1-2,5H,8H2,(H2,9,10).